The lowest BCUT2D eigenvalue weighted by molar-refractivity contribution is 0.415. The van der Waals surface area contributed by atoms with Crippen LogP contribution in [0.5, 0.6) is 5.75 Å². The smallest absolute Gasteiger partial charge is 0.144 e. The number of ether oxygens (including phenoxy) is 1. The molecule has 0 bridgehead atoms. The Morgan fingerprint density at radius 3 is 2.69 bits per heavy atom. The van der Waals surface area contributed by atoms with Crippen molar-refractivity contribution in [1.82, 2.24) is 0 Å². The van der Waals surface area contributed by atoms with Crippen molar-refractivity contribution in [1.29, 1.82) is 0 Å². The fourth-order valence-electron chi connectivity index (χ4n) is 1.65. The Morgan fingerprint density at radius 1 is 1.54 bits per heavy atom. The predicted octanol–water partition coefficient (Wildman–Crippen LogP) is 0.991. The Bertz CT molecular complexity index is 295. The minimum absolute atomic E-state index is 0.922. The first-order chi connectivity index (χ1) is 6.19. The second-order valence-corrected chi connectivity index (χ2v) is 3.26. The molecule has 0 radical (unpaired) electrons. The zero-order valence-electron chi connectivity index (χ0n) is 8.55. The molecule has 0 saturated heterocycles. The zero-order chi connectivity index (χ0) is 9.84. The molecule has 1 aromatic rings. The van der Waals surface area contributed by atoms with Crippen molar-refractivity contribution in [2.45, 2.75) is 13.3 Å². The number of hydrogen-bond donors (Lipinski definition) is 0. The molecule has 0 heterocycles. The van der Waals surface area contributed by atoms with Crippen molar-refractivity contribution in [3.05, 3.63) is 35.9 Å². The van der Waals surface area contributed by atoms with Crippen LogP contribution in [-0.4, -0.2) is 15.0 Å². The molecule has 0 aliphatic carbocycles. The highest BCUT2D eigenvalue weighted by molar-refractivity contribution is 6.34. The van der Waals surface area contributed by atoms with Gasteiger partial charge in [0.05, 0.1) is 7.11 Å². The molecule has 0 N–H and O–H groups in total. The van der Waals surface area contributed by atoms with Crippen LogP contribution in [-0.2, 0) is 6.42 Å². The largest absolute Gasteiger partial charge is 0.497 e. The Labute approximate surface area is 80.8 Å². The van der Waals surface area contributed by atoms with Crippen molar-refractivity contribution in [3.8, 4) is 5.75 Å². The average molecular weight is 174 g/mol. The van der Waals surface area contributed by atoms with Crippen molar-refractivity contribution in [3.63, 3.8) is 0 Å². The molecule has 1 rings (SSSR count). The van der Waals surface area contributed by atoms with Gasteiger partial charge in [-0.25, -0.2) is 0 Å². The number of rotatable bonds is 3. The van der Waals surface area contributed by atoms with Gasteiger partial charge in [0.15, 0.2) is 0 Å². The van der Waals surface area contributed by atoms with E-state index in [9.17, 15) is 0 Å². The van der Waals surface area contributed by atoms with Crippen LogP contribution in [0.3, 0.4) is 0 Å². The van der Waals surface area contributed by atoms with E-state index >= 15 is 0 Å². The van der Waals surface area contributed by atoms with Crippen LogP contribution >= 0.6 is 0 Å². The molecule has 0 unspecified atom stereocenters. The molecule has 0 fully saturated rings. The third kappa shape index (κ3) is 2.14. The normalized spacial score (nSPS) is 9.69. The summed E-state index contributed by atoms with van der Waals surface area (Å²) in [7, 11) is 3.78. The van der Waals surface area contributed by atoms with Gasteiger partial charge in [0, 0.05) is 0 Å². The number of methoxy groups -OCH3 is 1. The van der Waals surface area contributed by atoms with Gasteiger partial charge in [0.1, 0.15) is 13.6 Å². The summed E-state index contributed by atoms with van der Waals surface area (Å²) in [6.07, 6.45) is 2.84. The summed E-state index contributed by atoms with van der Waals surface area (Å²) in [6.45, 7) is 5.79. The molecule has 0 aromatic heterocycles. The van der Waals surface area contributed by atoms with Crippen molar-refractivity contribution >= 4 is 13.3 Å². The van der Waals surface area contributed by atoms with Gasteiger partial charge in [-0.2, -0.15) is 0 Å². The topological polar surface area (TPSA) is 9.23 Å². The maximum Gasteiger partial charge on any atom is 0.144 e. The van der Waals surface area contributed by atoms with E-state index in [4.69, 9.17) is 4.74 Å². The van der Waals surface area contributed by atoms with E-state index in [0.717, 1.165) is 12.2 Å². The summed E-state index contributed by atoms with van der Waals surface area (Å²) >= 11 is 0. The molecule has 0 atom stereocenters. The summed E-state index contributed by atoms with van der Waals surface area (Å²) in [4.78, 5) is 0. The highest BCUT2D eigenvalue weighted by atomic mass is 16.5. The van der Waals surface area contributed by atoms with Crippen LogP contribution in [0, 0.1) is 6.92 Å². The number of aryl methyl sites for hydroxylation is 1. The van der Waals surface area contributed by atoms with Gasteiger partial charge >= 0.3 is 0 Å². The van der Waals surface area contributed by atoms with Crippen LogP contribution in [0.4, 0.5) is 0 Å². The Morgan fingerprint density at radius 2 is 2.23 bits per heavy atom. The maximum atomic E-state index is 5.28. The minimum Gasteiger partial charge on any atom is -0.497 e. The van der Waals surface area contributed by atoms with Crippen molar-refractivity contribution in [2.24, 2.45) is 0 Å². The molecular weight excluding hydrogens is 159 g/mol. The van der Waals surface area contributed by atoms with Gasteiger partial charge < -0.3 is 4.74 Å². The van der Waals surface area contributed by atoms with Crippen LogP contribution in [0.15, 0.2) is 24.8 Å². The van der Waals surface area contributed by atoms with Crippen molar-refractivity contribution in [2.75, 3.05) is 7.11 Å². The van der Waals surface area contributed by atoms with Gasteiger partial charge in [-0.15, -0.1) is 6.58 Å². The molecule has 0 aliphatic rings. The van der Waals surface area contributed by atoms with Gasteiger partial charge in [0.2, 0.25) is 0 Å². The van der Waals surface area contributed by atoms with Gasteiger partial charge in [-0.1, -0.05) is 18.2 Å². The van der Waals surface area contributed by atoms with Crippen LogP contribution < -0.4 is 10.2 Å². The van der Waals surface area contributed by atoms with E-state index in [0.29, 0.717) is 0 Å². The fraction of sp³-hybridized carbons (Fsp3) is 0.273. The van der Waals surface area contributed by atoms with E-state index in [1.54, 1.807) is 7.11 Å². The summed E-state index contributed by atoms with van der Waals surface area (Å²) in [6, 6.07) is 4.29. The van der Waals surface area contributed by atoms with Gasteiger partial charge in [-0.3, -0.25) is 0 Å². The molecule has 1 aromatic carbocycles. The molecule has 2 heteroatoms. The highest BCUT2D eigenvalue weighted by Crippen LogP contribution is 2.15. The van der Waals surface area contributed by atoms with E-state index < -0.39 is 0 Å². The predicted molar refractivity (Wildman–Crippen MR) is 59.8 cm³/mol. The first-order valence-corrected chi connectivity index (χ1v) is 4.44. The Hall–Kier alpha value is -1.18. The molecule has 1 nitrogen and oxygen atoms in total. The number of allylic oxidation sites excluding steroid dienone is 1. The van der Waals surface area contributed by atoms with E-state index in [1.165, 1.54) is 16.6 Å². The minimum atomic E-state index is 0.922. The van der Waals surface area contributed by atoms with Crippen molar-refractivity contribution < 1.29 is 4.74 Å². The lowest BCUT2D eigenvalue weighted by Crippen LogP contribution is -2.10. The SMILES string of the molecule is Bc1cc(CC=C)cc(C)c1OC. The van der Waals surface area contributed by atoms with Crippen LogP contribution in [0.2, 0.25) is 0 Å². The average Bonchev–Trinajstić information content (AvgIpc) is 2.04. The fourth-order valence-corrected chi connectivity index (χ4v) is 1.65. The summed E-state index contributed by atoms with van der Waals surface area (Å²) in [5.41, 5.74) is 3.68. The molecular formula is C11H15BO. The third-order valence-corrected chi connectivity index (χ3v) is 2.10. The third-order valence-electron chi connectivity index (χ3n) is 2.10. The second-order valence-electron chi connectivity index (χ2n) is 3.26. The molecule has 13 heavy (non-hydrogen) atoms. The number of benzene rings is 1. The number of hydrogen-bond acceptors (Lipinski definition) is 1. The van der Waals surface area contributed by atoms with E-state index in [-0.39, 0.29) is 0 Å². The lowest BCUT2D eigenvalue weighted by atomic mass is 9.90. The Balaban J connectivity index is 3.12. The molecule has 0 spiro atoms. The lowest BCUT2D eigenvalue weighted by Gasteiger charge is -2.10. The summed E-state index contributed by atoms with van der Waals surface area (Å²) < 4.78 is 5.28. The summed E-state index contributed by atoms with van der Waals surface area (Å²) in [5.74, 6) is 0.993. The monoisotopic (exact) mass is 174 g/mol. The molecule has 0 amide bonds. The van der Waals surface area contributed by atoms with Crippen LogP contribution in [0.25, 0.3) is 0 Å². The molecule has 68 valence electrons. The first kappa shape index (κ1) is 9.91. The Kier molecular flexibility index (Phi) is 3.18. The highest BCUT2D eigenvalue weighted by Gasteiger charge is 2.03. The summed E-state index contributed by atoms with van der Waals surface area (Å²) in [5, 5.41) is 0. The van der Waals surface area contributed by atoms with Crippen LogP contribution in [0.1, 0.15) is 11.1 Å². The standard InChI is InChI=1S/C11H15BO/c1-4-5-9-6-8(2)11(13-3)10(12)7-9/h4,6-7H,1,5,12H2,2-3H3. The maximum absolute atomic E-state index is 5.28. The van der Waals surface area contributed by atoms with Gasteiger partial charge in [-0.05, 0) is 29.9 Å². The van der Waals surface area contributed by atoms with E-state index in [1.807, 2.05) is 6.08 Å². The molecule has 0 aliphatic heterocycles. The quantitative estimate of drug-likeness (QED) is 0.490. The second kappa shape index (κ2) is 4.17. The zero-order valence-corrected chi connectivity index (χ0v) is 8.55. The van der Waals surface area contributed by atoms with E-state index in [2.05, 4.69) is 33.5 Å². The first-order valence-electron chi connectivity index (χ1n) is 4.44. The van der Waals surface area contributed by atoms with Gasteiger partial charge in [0.25, 0.3) is 0 Å². The molecule has 0 saturated carbocycles.